The molecule has 3 fully saturated rings. The van der Waals surface area contributed by atoms with Crippen LogP contribution in [0.15, 0.2) is 0 Å². The molecule has 3 nitrogen and oxygen atoms in total. The number of rotatable bonds is 2. The second-order valence-electron chi connectivity index (χ2n) is 8.02. The molecule has 2 heterocycles. The molecule has 1 spiro atoms. The van der Waals surface area contributed by atoms with Gasteiger partial charge in [0, 0.05) is 19.2 Å². The third-order valence-electron chi connectivity index (χ3n) is 6.38. The molecule has 2 aliphatic heterocycles. The van der Waals surface area contributed by atoms with Crippen LogP contribution in [0.5, 0.6) is 0 Å². The molecule has 2 saturated heterocycles. The van der Waals surface area contributed by atoms with Crippen LogP contribution >= 0.6 is 0 Å². The first-order valence-electron chi connectivity index (χ1n) is 9.13. The zero-order valence-corrected chi connectivity index (χ0v) is 13.9. The van der Waals surface area contributed by atoms with Gasteiger partial charge in [-0.3, -0.25) is 0 Å². The monoisotopic (exact) mass is 295 g/mol. The van der Waals surface area contributed by atoms with Gasteiger partial charge in [-0.2, -0.15) is 0 Å². The molecule has 21 heavy (non-hydrogen) atoms. The van der Waals surface area contributed by atoms with Gasteiger partial charge in [0.2, 0.25) is 0 Å². The lowest BCUT2D eigenvalue weighted by Crippen LogP contribution is -2.48. The minimum Gasteiger partial charge on any atom is -0.390 e. The Morgan fingerprint density at radius 3 is 2.52 bits per heavy atom. The summed E-state index contributed by atoms with van der Waals surface area (Å²) in [7, 11) is 0. The minimum absolute atomic E-state index is 0.128. The lowest BCUT2D eigenvalue weighted by molar-refractivity contribution is -0.144. The van der Waals surface area contributed by atoms with Crippen LogP contribution in [0.4, 0.5) is 0 Å². The molecule has 0 aromatic carbocycles. The summed E-state index contributed by atoms with van der Waals surface area (Å²) in [5, 5.41) is 11.3. The summed E-state index contributed by atoms with van der Waals surface area (Å²) in [6, 6.07) is 0.600. The van der Waals surface area contributed by atoms with Crippen molar-refractivity contribution >= 4 is 0 Å². The molecular weight excluding hydrogens is 262 g/mol. The highest BCUT2D eigenvalue weighted by Crippen LogP contribution is 2.47. The highest BCUT2D eigenvalue weighted by molar-refractivity contribution is 4.99. The second-order valence-corrected chi connectivity index (χ2v) is 8.02. The molecule has 1 N–H and O–H groups in total. The molecule has 0 radical (unpaired) electrons. The van der Waals surface area contributed by atoms with Crippen molar-refractivity contribution in [3.05, 3.63) is 0 Å². The van der Waals surface area contributed by atoms with E-state index in [4.69, 9.17) is 4.74 Å². The van der Waals surface area contributed by atoms with Crippen LogP contribution in [0.1, 0.15) is 71.6 Å². The molecule has 1 aliphatic carbocycles. The molecule has 122 valence electrons. The van der Waals surface area contributed by atoms with Crippen LogP contribution in [0.25, 0.3) is 0 Å². The van der Waals surface area contributed by atoms with Crippen molar-refractivity contribution in [2.24, 2.45) is 5.92 Å². The molecule has 3 heteroatoms. The summed E-state index contributed by atoms with van der Waals surface area (Å²) in [6.45, 7) is 7.60. The van der Waals surface area contributed by atoms with E-state index in [2.05, 4.69) is 18.7 Å². The molecule has 0 aromatic rings. The van der Waals surface area contributed by atoms with E-state index in [0.29, 0.717) is 12.0 Å². The first-order chi connectivity index (χ1) is 10.0. The summed E-state index contributed by atoms with van der Waals surface area (Å²) in [6.07, 6.45) is 10.3. The van der Waals surface area contributed by atoms with Crippen LogP contribution in [-0.4, -0.2) is 46.9 Å². The summed E-state index contributed by atoms with van der Waals surface area (Å²) >= 11 is 0. The minimum atomic E-state index is -0.441. The van der Waals surface area contributed by atoms with E-state index >= 15 is 0 Å². The van der Waals surface area contributed by atoms with Crippen molar-refractivity contribution in [2.45, 2.75) is 88.9 Å². The van der Waals surface area contributed by atoms with Crippen LogP contribution in [0.2, 0.25) is 0 Å². The maximum Gasteiger partial charge on any atom is 0.0690 e. The molecule has 3 rings (SSSR count). The molecule has 0 bridgehead atoms. The van der Waals surface area contributed by atoms with Crippen LogP contribution in [0.3, 0.4) is 0 Å². The summed E-state index contributed by atoms with van der Waals surface area (Å²) < 4.78 is 6.16. The quantitative estimate of drug-likeness (QED) is 0.848. The fourth-order valence-electron chi connectivity index (χ4n) is 4.94. The Labute approximate surface area is 130 Å². The Hall–Kier alpha value is -0.120. The number of ether oxygens (including phenoxy) is 1. The normalized spacial score (nSPS) is 38.0. The van der Waals surface area contributed by atoms with Crippen molar-refractivity contribution in [3.63, 3.8) is 0 Å². The highest BCUT2D eigenvalue weighted by Gasteiger charge is 2.47. The van der Waals surface area contributed by atoms with Crippen molar-refractivity contribution in [1.29, 1.82) is 0 Å². The number of aliphatic hydroxyl groups is 1. The smallest absolute Gasteiger partial charge is 0.0690 e. The zero-order chi connectivity index (χ0) is 14.9. The second kappa shape index (κ2) is 6.17. The van der Waals surface area contributed by atoms with Crippen molar-refractivity contribution < 1.29 is 9.84 Å². The third kappa shape index (κ3) is 3.30. The van der Waals surface area contributed by atoms with Gasteiger partial charge < -0.3 is 14.7 Å². The van der Waals surface area contributed by atoms with Crippen molar-refractivity contribution in [3.8, 4) is 0 Å². The molecule has 0 amide bonds. The van der Waals surface area contributed by atoms with E-state index in [0.717, 1.165) is 51.8 Å². The van der Waals surface area contributed by atoms with E-state index in [1.54, 1.807) is 0 Å². The number of nitrogens with zero attached hydrogens (tertiary/aromatic N) is 1. The van der Waals surface area contributed by atoms with Gasteiger partial charge in [0.05, 0.1) is 11.2 Å². The number of hydrogen-bond donors (Lipinski definition) is 1. The standard InChI is InChI=1S/C18H33NO2/c1-15(2)19-11-5-9-18(20,10-12-19)16-6-13-21-17(14-16)7-3-4-8-17/h15-16,20H,3-14H2,1-2H3. The first-order valence-corrected chi connectivity index (χ1v) is 9.13. The SMILES string of the molecule is CC(C)N1CCCC(O)(C2CCOC3(CCCC3)C2)CC1. The molecule has 2 atom stereocenters. The van der Waals surface area contributed by atoms with Gasteiger partial charge in [-0.15, -0.1) is 0 Å². The Bertz CT molecular complexity index is 351. The van der Waals surface area contributed by atoms with Crippen LogP contribution < -0.4 is 0 Å². The predicted octanol–water partition coefficient (Wildman–Crippen LogP) is 3.35. The molecule has 0 aromatic heterocycles. The lowest BCUT2D eigenvalue weighted by Gasteiger charge is -2.45. The van der Waals surface area contributed by atoms with Crippen LogP contribution in [0, 0.1) is 5.92 Å². The van der Waals surface area contributed by atoms with Crippen molar-refractivity contribution in [2.75, 3.05) is 19.7 Å². The number of hydrogen-bond acceptors (Lipinski definition) is 3. The van der Waals surface area contributed by atoms with Gasteiger partial charge in [0.25, 0.3) is 0 Å². The van der Waals surface area contributed by atoms with Crippen molar-refractivity contribution in [1.82, 2.24) is 4.90 Å². The topological polar surface area (TPSA) is 32.7 Å². The predicted molar refractivity (Wildman–Crippen MR) is 85.4 cm³/mol. The summed E-state index contributed by atoms with van der Waals surface area (Å²) in [5.41, 5.74) is -0.314. The maximum absolute atomic E-state index is 11.3. The average Bonchev–Trinajstić information content (AvgIpc) is 2.79. The first kappa shape index (κ1) is 15.8. The summed E-state index contributed by atoms with van der Waals surface area (Å²) in [4.78, 5) is 2.53. The van der Waals surface area contributed by atoms with E-state index in [9.17, 15) is 5.11 Å². The van der Waals surface area contributed by atoms with Gasteiger partial charge in [0.15, 0.2) is 0 Å². The van der Waals surface area contributed by atoms with Gasteiger partial charge in [0.1, 0.15) is 0 Å². The van der Waals surface area contributed by atoms with E-state index in [-0.39, 0.29) is 5.60 Å². The van der Waals surface area contributed by atoms with Gasteiger partial charge >= 0.3 is 0 Å². The van der Waals surface area contributed by atoms with Gasteiger partial charge in [-0.25, -0.2) is 0 Å². The zero-order valence-electron chi connectivity index (χ0n) is 13.9. The van der Waals surface area contributed by atoms with E-state index < -0.39 is 5.60 Å². The Balaban J connectivity index is 1.66. The van der Waals surface area contributed by atoms with Gasteiger partial charge in [-0.1, -0.05) is 12.8 Å². The Morgan fingerprint density at radius 1 is 1.05 bits per heavy atom. The third-order valence-corrected chi connectivity index (χ3v) is 6.38. The van der Waals surface area contributed by atoms with E-state index in [1.165, 1.54) is 25.7 Å². The lowest BCUT2D eigenvalue weighted by atomic mass is 9.72. The molecular formula is C18H33NO2. The average molecular weight is 295 g/mol. The van der Waals surface area contributed by atoms with Gasteiger partial charge in [-0.05, 0) is 71.3 Å². The molecule has 1 saturated carbocycles. The highest BCUT2D eigenvalue weighted by atomic mass is 16.5. The van der Waals surface area contributed by atoms with E-state index in [1.807, 2.05) is 0 Å². The summed E-state index contributed by atoms with van der Waals surface area (Å²) in [5.74, 6) is 0.455. The molecule has 3 aliphatic rings. The fraction of sp³-hybridized carbons (Fsp3) is 1.00. The maximum atomic E-state index is 11.3. The number of likely N-dealkylation sites (tertiary alicyclic amines) is 1. The van der Waals surface area contributed by atoms with Crippen LogP contribution in [-0.2, 0) is 4.74 Å². The largest absolute Gasteiger partial charge is 0.390 e. The fourth-order valence-corrected chi connectivity index (χ4v) is 4.94. The molecule has 2 unspecified atom stereocenters. The Morgan fingerprint density at radius 2 is 1.81 bits per heavy atom. The Kier molecular flexibility index (Phi) is 4.63.